The van der Waals surface area contributed by atoms with Gasteiger partial charge in [0.2, 0.25) is 5.91 Å². The van der Waals surface area contributed by atoms with Crippen LogP contribution in [0.2, 0.25) is 0 Å². The van der Waals surface area contributed by atoms with Gasteiger partial charge in [0.15, 0.2) is 0 Å². The van der Waals surface area contributed by atoms with Crippen molar-refractivity contribution in [2.75, 3.05) is 33.3 Å². The van der Waals surface area contributed by atoms with E-state index in [2.05, 4.69) is 4.90 Å². The van der Waals surface area contributed by atoms with Crippen LogP contribution in [0, 0.1) is 0 Å². The summed E-state index contributed by atoms with van der Waals surface area (Å²) < 4.78 is 5.75. The van der Waals surface area contributed by atoms with Gasteiger partial charge in [0.1, 0.15) is 0 Å². The minimum atomic E-state index is 0.142. The molecular weight excluding hydrogens is 262 g/mol. The summed E-state index contributed by atoms with van der Waals surface area (Å²) in [5, 5.41) is 0. The molecule has 19 heavy (non-hydrogen) atoms. The standard InChI is InChI=1S/C13H23N3O2S/c1-15(6-5-12(14)19)13(17)9-16-7-8-18-11-4-2-3-10(11)16/h10-11H,2-9H2,1H3,(H2,14,19). The normalized spacial score (nSPS) is 27.0. The molecule has 1 amide bonds. The van der Waals surface area contributed by atoms with E-state index in [4.69, 9.17) is 22.7 Å². The number of ether oxygens (including phenoxy) is 1. The highest BCUT2D eigenvalue weighted by Gasteiger charge is 2.36. The third-order valence-electron chi connectivity index (χ3n) is 4.05. The van der Waals surface area contributed by atoms with Gasteiger partial charge < -0.3 is 15.4 Å². The topological polar surface area (TPSA) is 58.8 Å². The molecule has 1 saturated carbocycles. The number of fused-ring (bicyclic) bond motifs is 1. The lowest BCUT2D eigenvalue weighted by Crippen LogP contribution is -2.52. The summed E-state index contributed by atoms with van der Waals surface area (Å²) in [6.45, 7) is 2.69. The Balaban J connectivity index is 1.82. The zero-order valence-electron chi connectivity index (χ0n) is 11.5. The third-order valence-corrected chi connectivity index (χ3v) is 4.26. The van der Waals surface area contributed by atoms with Crippen LogP contribution in [0.4, 0.5) is 0 Å². The van der Waals surface area contributed by atoms with E-state index in [1.807, 2.05) is 7.05 Å². The molecule has 1 heterocycles. The van der Waals surface area contributed by atoms with Crippen LogP contribution in [0.25, 0.3) is 0 Å². The number of hydrogen-bond acceptors (Lipinski definition) is 4. The number of rotatable bonds is 5. The Labute approximate surface area is 120 Å². The highest BCUT2D eigenvalue weighted by molar-refractivity contribution is 7.80. The van der Waals surface area contributed by atoms with Crippen molar-refractivity contribution in [3.8, 4) is 0 Å². The maximum Gasteiger partial charge on any atom is 0.236 e. The Morgan fingerprint density at radius 1 is 1.53 bits per heavy atom. The van der Waals surface area contributed by atoms with Gasteiger partial charge >= 0.3 is 0 Å². The van der Waals surface area contributed by atoms with E-state index in [0.29, 0.717) is 36.6 Å². The molecule has 1 saturated heterocycles. The van der Waals surface area contributed by atoms with Gasteiger partial charge in [0.05, 0.1) is 24.2 Å². The fraction of sp³-hybridized carbons (Fsp3) is 0.846. The summed E-state index contributed by atoms with van der Waals surface area (Å²) in [5.41, 5.74) is 5.46. The number of morpholine rings is 1. The van der Waals surface area contributed by atoms with Crippen LogP contribution in [0.5, 0.6) is 0 Å². The van der Waals surface area contributed by atoms with E-state index >= 15 is 0 Å². The second-order valence-electron chi connectivity index (χ2n) is 5.41. The molecule has 2 N–H and O–H groups in total. The van der Waals surface area contributed by atoms with Crippen molar-refractivity contribution in [3.63, 3.8) is 0 Å². The number of carbonyl (C=O) groups is 1. The SMILES string of the molecule is CN(CCC(N)=S)C(=O)CN1CCOC2CCCC21. The quantitative estimate of drug-likeness (QED) is 0.740. The predicted octanol–water partition coefficient (Wildman–Crippen LogP) is 0.374. The van der Waals surface area contributed by atoms with Crippen molar-refractivity contribution < 1.29 is 9.53 Å². The number of thiocarbonyl (C=S) groups is 1. The molecule has 2 atom stereocenters. The lowest BCUT2D eigenvalue weighted by atomic mass is 10.1. The molecule has 5 nitrogen and oxygen atoms in total. The Bertz CT molecular complexity index is 351. The fourth-order valence-corrected chi connectivity index (χ4v) is 2.99. The van der Waals surface area contributed by atoms with E-state index < -0.39 is 0 Å². The number of nitrogens with zero attached hydrogens (tertiary/aromatic N) is 2. The minimum Gasteiger partial charge on any atom is -0.393 e. The maximum atomic E-state index is 12.2. The van der Waals surface area contributed by atoms with E-state index in [-0.39, 0.29) is 5.91 Å². The molecule has 0 aromatic carbocycles. The molecule has 1 aliphatic carbocycles. The first-order chi connectivity index (χ1) is 9.08. The summed E-state index contributed by atoms with van der Waals surface area (Å²) in [6.07, 6.45) is 4.41. The predicted molar refractivity (Wildman–Crippen MR) is 78.0 cm³/mol. The highest BCUT2D eigenvalue weighted by Crippen LogP contribution is 2.29. The smallest absolute Gasteiger partial charge is 0.236 e. The van der Waals surface area contributed by atoms with E-state index in [9.17, 15) is 4.79 Å². The summed E-state index contributed by atoms with van der Waals surface area (Å²) in [7, 11) is 1.81. The zero-order valence-corrected chi connectivity index (χ0v) is 12.3. The van der Waals surface area contributed by atoms with Gasteiger partial charge in [-0.15, -0.1) is 0 Å². The lowest BCUT2D eigenvalue weighted by molar-refractivity contribution is -0.134. The Morgan fingerprint density at radius 3 is 3.05 bits per heavy atom. The van der Waals surface area contributed by atoms with Crippen LogP contribution in [-0.2, 0) is 9.53 Å². The molecule has 0 bridgehead atoms. The summed E-state index contributed by atoms with van der Waals surface area (Å²) in [6, 6.07) is 0.432. The van der Waals surface area contributed by atoms with Crippen molar-refractivity contribution in [1.82, 2.24) is 9.80 Å². The minimum absolute atomic E-state index is 0.142. The van der Waals surface area contributed by atoms with Crippen LogP contribution >= 0.6 is 12.2 Å². The second kappa shape index (κ2) is 6.63. The summed E-state index contributed by atoms with van der Waals surface area (Å²) in [5.74, 6) is 0.142. The average Bonchev–Trinajstić information content (AvgIpc) is 2.85. The van der Waals surface area contributed by atoms with Crippen LogP contribution in [0.15, 0.2) is 0 Å². The van der Waals surface area contributed by atoms with Crippen molar-refractivity contribution in [2.45, 2.75) is 37.8 Å². The third kappa shape index (κ3) is 3.87. The molecule has 2 unspecified atom stereocenters. The highest BCUT2D eigenvalue weighted by atomic mass is 32.1. The van der Waals surface area contributed by atoms with Crippen molar-refractivity contribution in [3.05, 3.63) is 0 Å². The van der Waals surface area contributed by atoms with Crippen LogP contribution in [0.3, 0.4) is 0 Å². The summed E-state index contributed by atoms with van der Waals surface area (Å²) >= 11 is 4.84. The van der Waals surface area contributed by atoms with Crippen molar-refractivity contribution in [2.24, 2.45) is 5.73 Å². The molecular formula is C13H23N3O2S. The molecule has 0 radical (unpaired) electrons. The van der Waals surface area contributed by atoms with Gasteiger partial charge in [0.25, 0.3) is 0 Å². The van der Waals surface area contributed by atoms with Crippen LogP contribution in [0.1, 0.15) is 25.7 Å². The number of amides is 1. The fourth-order valence-electron chi connectivity index (χ4n) is 2.90. The Hall–Kier alpha value is -0.720. The van der Waals surface area contributed by atoms with Gasteiger partial charge in [-0.1, -0.05) is 12.2 Å². The van der Waals surface area contributed by atoms with E-state index in [0.717, 1.165) is 26.0 Å². The lowest BCUT2D eigenvalue weighted by Gasteiger charge is -2.37. The number of nitrogens with two attached hydrogens (primary N) is 1. The van der Waals surface area contributed by atoms with Crippen molar-refractivity contribution >= 4 is 23.1 Å². The molecule has 0 aromatic heterocycles. The molecule has 108 valence electrons. The molecule has 2 fully saturated rings. The number of hydrogen-bond donors (Lipinski definition) is 1. The molecule has 0 spiro atoms. The Morgan fingerprint density at radius 2 is 2.32 bits per heavy atom. The molecule has 6 heteroatoms. The van der Waals surface area contributed by atoms with Gasteiger partial charge in [-0.2, -0.15) is 0 Å². The Kier molecular flexibility index (Phi) is 5.13. The monoisotopic (exact) mass is 285 g/mol. The van der Waals surface area contributed by atoms with Gasteiger partial charge in [0, 0.05) is 32.6 Å². The second-order valence-corrected chi connectivity index (χ2v) is 5.93. The first-order valence-corrected chi connectivity index (χ1v) is 7.36. The van der Waals surface area contributed by atoms with Gasteiger partial charge in [-0.3, -0.25) is 9.69 Å². The molecule has 1 aliphatic heterocycles. The maximum absolute atomic E-state index is 12.2. The molecule has 2 rings (SSSR count). The van der Waals surface area contributed by atoms with E-state index in [1.165, 1.54) is 6.42 Å². The number of likely N-dealkylation sites (N-methyl/N-ethyl adjacent to an activating group) is 1. The van der Waals surface area contributed by atoms with Crippen molar-refractivity contribution in [1.29, 1.82) is 0 Å². The van der Waals surface area contributed by atoms with Gasteiger partial charge in [-0.25, -0.2) is 0 Å². The largest absolute Gasteiger partial charge is 0.393 e. The first kappa shape index (κ1) is 14.7. The first-order valence-electron chi connectivity index (χ1n) is 6.96. The average molecular weight is 285 g/mol. The van der Waals surface area contributed by atoms with E-state index in [1.54, 1.807) is 4.90 Å². The molecule has 2 aliphatic rings. The molecule has 0 aromatic rings. The van der Waals surface area contributed by atoms with Gasteiger partial charge in [-0.05, 0) is 19.3 Å². The zero-order chi connectivity index (χ0) is 13.8. The number of carbonyl (C=O) groups excluding carboxylic acids is 1. The summed E-state index contributed by atoms with van der Waals surface area (Å²) in [4.78, 5) is 16.6. The van der Waals surface area contributed by atoms with Crippen LogP contribution in [-0.4, -0.2) is 66.1 Å². The van der Waals surface area contributed by atoms with Crippen LogP contribution < -0.4 is 5.73 Å².